The summed E-state index contributed by atoms with van der Waals surface area (Å²) in [5, 5.41) is 0.442. The van der Waals surface area contributed by atoms with Crippen molar-refractivity contribution in [1.82, 2.24) is 4.98 Å². The molecule has 0 amide bonds. The van der Waals surface area contributed by atoms with Crippen LogP contribution in [-0.2, 0) is 0 Å². The molecule has 0 unspecified atom stereocenters. The molecule has 0 bridgehead atoms. The van der Waals surface area contributed by atoms with Crippen LogP contribution >= 0.6 is 11.6 Å². The van der Waals surface area contributed by atoms with Crippen LogP contribution in [0, 0.1) is 5.82 Å². The van der Waals surface area contributed by atoms with E-state index in [9.17, 15) is 9.18 Å². The van der Waals surface area contributed by atoms with Crippen molar-refractivity contribution in [3.8, 4) is 11.1 Å². The zero-order valence-electron chi connectivity index (χ0n) is 9.08. The number of nitrogens with zero attached hydrogens (tertiary/aromatic N) is 1. The highest BCUT2D eigenvalue weighted by molar-refractivity contribution is 6.31. The Labute approximate surface area is 103 Å². The second kappa shape index (κ2) is 4.63. The molecule has 0 aliphatic heterocycles. The highest BCUT2D eigenvalue weighted by Gasteiger charge is 2.06. The third-order valence-electron chi connectivity index (χ3n) is 2.34. The van der Waals surface area contributed by atoms with E-state index >= 15 is 0 Å². The Kier molecular flexibility index (Phi) is 3.20. The van der Waals surface area contributed by atoms with Gasteiger partial charge in [0.05, 0.1) is 6.20 Å². The second-order valence-corrected chi connectivity index (χ2v) is 4.11. The van der Waals surface area contributed by atoms with Crippen molar-refractivity contribution < 1.29 is 9.18 Å². The van der Waals surface area contributed by atoms with Gasteiger partial charge in [0.2, 0.25) is 0 Å². The summed E-state index contributed by atoms with van der Waals surface area (Å²) >= 11 is 5.92. The molecule has 0 spiro atoms. The van der Waals surface area contributed by atoms with Gasteiger partial charge in [-0.3, -0.25) is 9.78 Å². The van der Waals surface area contributed by atoms with Gasteiger partial charge in [-0.05, 0) is 36.8 Å². The largest absolute Gasteiger partial charge is 0.295 e. The third-order valence-corrected chi connectivity index (χ3v) is 2.56. The summed E-state index contributed by atoms with van der Waals surface area (Å²) in [4.78, 5) is 15.1. The highest BCUT2D eigenvalue weighted by Crippen LogP contribution is 2.25. The van der Waals surface area contributed by atoms with Crippen molar-refractivity contribution in [2.75, 3.05) is 0 Å². The first-order valence-electron chi connectivity index (χ1n) is 4.99. The Morgan fingerprint density at radius 1 is 1.18 bits per heavy atom. The summed E-state index contributed by atoms with van der Waals surface area (Å²) in [7, 11) is 0. The summed E-state index contributed by atoms with van der Waals surface area (Å²) < 4.78 is 13.1. The summed E-state index contributed by atoms with van der Waals surface area (Å²) in [6.45, 7) is 1.46. The maximum atomic E-state index is 13.1. The van der Waals surface area contributed by atoms with Crippen molar-refractivity contribution in [3.63, 3.8) is 0 Å². The van der Waals surface area contributed by atoms with Crippen LogP contribution in [0.2, 0.25) is 5.02 Å². The van der Waals surface area contributed by atoms with Gasteiger partial charge in [0.15, 0.2) is 5.78 Å². The fourth-order valence-electron chi connectivity index (χ4n) is 1.53. The maximum absolute atomic E-state index is 13.1. The van der Waals surface area contributed by atoms with Crippen LogP contribution in [-0.4, -0.2) is 10.8 Å². The number of benzene rings is 1. The smallest absolute Gasteiger partial charge is 0.159 e. The van der Waals surface area contributed by atoms with Gasteiger partial charge in [-0.25, -0.2) is 4.39 Å². The normalized spacial score (nSPS) is 10.3. The van der Waals surface area contributed by atoms with E-state index in [0.29, 0.717) is 21.7 Å². The number of carbonyl (C=O) groups excluding carboxylic acids is 1. The van der Waals surface area contributed by atoms with Gasteiger partial charge < -0.3 is 0 Å². The van der Waals surface area contributed by atoms with E-state index in [4.69, 9.17) is 11.6 Å². The average Bonchev–Trinajstić information content (AvgIpc) is 2.28. The lowest BCUT2D eigenvalue weighted by molar-refractivity contribution is 0.101. The Morgan fingerprint density at radius 2 is 1.94 bits per heavy atom. The van der Waals surface area contributed by atoms with Gasteiger partial charge in [-0.15, -0.1) is 0 Å². The van der Waals surface area contributed by atoms with Gasteiger partial charge in [0.1, 0.15) is 5.82 Å². The van der Waals surface area contributed by atoms with Gasteiger partial charge in [-0.2, -0.15) is 0 Å². The van der Waals surface area contributed by atoms with Crippen LogP contribution in [0.25, 0.3) is 11.1 Å². The monoisotopic (exact) mass is 249 g/mol. The van der Waals surface area contributed by atoms with Crippen molar-refractivity contribution in [2.45, 2.75) is 6.92 Å². The molecule has 1 aromatic carbocycles. The predicted molar refractivity (Wildman–Crippen MR) is 64.6 cm³/mol. The highest BCUT2D eigenvalue weighted by atomic mass is 35.5. The topological polar surface area (TPSA) is 30.0 Å². The number of Topliss-reactive ketones (excluding diaryl/α,β-unsaturated/α-hetero) is 1. The number of aromatic nitrogens is 1. The van der Waals surface area contributed by atoms with E-state index in [1.807, 2.05) is 0 Å². The number of hydrogen-bond acceptors (Lipinski definition) is 2. The predicted octanol–water partition coefficient (Wildman–Crippen LogP) is 3.74. The average molecular weight is 250 g/mol. The Morgan fingerprint density at radius 3 is 2.59 bits per heavy atom. The quantitative estimate of drug-likeness (QED) is 0.759. The molecular formula is C13H9ClFNO. The lowest BCUT2D eigenvalue weighted by Gasteiger charge is -2.04. The third kappa shape index (κ3) is 2.68. The number of halogens is 2. The number of ketones is 1. The fraction of sp³-hybridized carbons (Fsp3) is 0.0769. The second-order valence-electron chi connectivity index (χ2n) is 3.68. The van der Waals surface area contributed by atoms with Crippen molar-refractivity contribution in [2.24, 2.45) is 0 Å². The summed E-state index contributed by atoms with van der Waals surface area (Å²) in [5.41, 5.74) is 1.77. The molecule has 17 heavy (non-hydrogen) atoms. The van der Waals surface area contributed by atoms with Crippen molar-refractivity contribution in [1.29, 1.82) is 0 Å². The lowest BCUT2D eigenvalue weighted by Crippen LogP contribution is -1.93. The lowest BCUT2D eigenvalue weighted by atomic mass is 10.0. The first-order chi connectivity index (χ1) is 8.06. The zero-order chi connectivity index (χ0) is 12.4. The minimum absolute atomic E-state index is 0.0851. The molecule has 2 nitrogen and oxygen atoms in total. The van der Waals surface area contributed by atoms with Crippen molar-refractivity contribution in [3.05, 3.63) is 53.1 Å². The number of hydrogen-bond donors (Lipinski definition) is 0. The molecule has 0 atom stereocenters. The molecule has 0 aliphatic rings. The molecule has 0 radical (unpaired) electrons. The molecule has 0 aliphatic carbocycles. The zero-order valence-corrected chi connectivity index (χ0v) is 9.83. The van der Waals surface area contributed by atoms with Gasteiger partial charge >= 0.3 is 0 Å². The standard InChI is InChI=1S/C13H9ClFNO/c1-8(17)9-2-10(4-12(14)3-9)11-5-13(15)7-16-6-11/h2-7H,1H3. The summed E-state index contributed by atoms with van der Waals surface area (Å²) in [6, 6.07) is 6.28. The molecule has 86 valence electrons. The molecule has 2 rings (SSSR count). The molecule has 0 fully saturated rings. The number of carbonyl (C=O) groups is 1. The molecule has 2 aromatic rings. The first-order valence-corrected chi connectivity index (χ1v) is 5.36. The molecule has 0 saturated carbocycles. The van der Waals surface area contributed by atoms with Gasteiger partial charge in [0.25, 0.3) is 0 Å². The fourth-order valence-corrected chi connectivity index (χ4v) is 1.76. The minimum Gasteiger partial charge on any atom is -0.295 e. The SMILES string of the molecule is CC(=O)c1cc(Cl)cc(-c2cncc(F)c2)c1. The Balaban J connectivity index is 2.56. The van der Waals surface area contributed by atoms with E-state index < -0.39 is 5.82 Å². The van der Waals surface area contributed by atoms with Crippen LogP contribution in [0.5, 0.6) is 0 Å². The van der Waals surface area contributed by atoms with E-state index in [-0.39, 0.29) is 5.78 Å². The number of rotatable bonds is 2. The van der Waals surface area contributed by atoms with Crippen LogP contribution in [0.1, 0.15) is 17.3 Å². The molecule has 0 N–H and O–H groups in total. The molecule has 0 saturated heterocycles. The molecule has 4 heteroatoms. The van der Waals surface area contributed by atoms with E-state index in [2.05, 4.69) is 4.98 Å². The summed E-state index contributed by atoms with van der Waals surface area (Å²) in [5.74, 6) is -0.509. The Bertz CT molecular complexity index is 583. The van der Waals surface area contributed by atoms with E-state index in [1.54, 1.807) is 18.2 Å². The van der Waals surface area contributed by atoms with Gasteiger partial charge in [0, 0.05) is 22.3 Å². The number of pyridine rings is 1. The van der Waals surface area contributed by atoms with Gasteiger partial charge in [-0.1, -0.05) is 11.6 Å². The first kappa shape index (κ1) is 11.7. The molecular weight excluding hydrogens is 241 g/mol. The Hall–Kier alpha value is -1.74. The molecule has 1 heterocycles. The van der Waals surface area contributed by atoms with E-state index in [1.165, 1.54) is 19.2 Å². The summed E-state index contributed by atoms with van der Waals surface area (Å²) in [6.07, 6.45) is 2.65. The maximum Gasteiger partial charge on any atom is 0.159 e. The minimum atomic E-state index is -0.424. The van der Waals surface area contributed by atoms with Crippen LogP contribution in [0.4, 0.5) is 4.39 Å². The van der Waals surface area contributed by atoms with Crippen molar-refractivity contribution >= 4 is 17.4 Å². The molecule has 1 aromatic heterocycles. The van der Waals surface area contributed by atoms with Crippen LogP contribution in [0.3, 0.4) is 0 Å². The van der Waals surface area contributed by atoms with Crippen LogP contribution in [0.15, 0.2) is 36.7 Å². The van der Waals surface area contributed by atoms with E-state index in [0.717, 1.165) is 6.20 Å². The van der Waals surface area contributed by atoms with Crippen LogP contribution < -0.4 is 0 Å².